The molecule has 1 saturated carbocycles. The van der Waals surface area contributed by atoms with Crippen molar-refractivity contribution in [1.29, 1.82) is 0 Å². The first-order valence-electron chi connectivity index (χ1n) is 12.7. The quantitative estimate of drug-likeness (QED) is 0.397. The molecule has 0 spiro atoms. The lowest BCUT2D eigenvalue weighted by Gasteiger charge is -2.44. The molecule has 1 aliphatic heterocycles. The van der Waals surface area contributed by atoms with Gasteiger partial charge in [-0.1, -0.05) is 100 Å². The minimum atomic E-state index is -0.169. The topological polar surface area (TPSA) is 29.5 Å². The lowest BCUT2D eigenvalue weighted by atomic mass is 9.64. The highest BCUT2D eigenvalue weighted by Crippen LogP contribution is 2.45. The molecule has 3 aliphatic rings. The van der Waals surface area contributed by atoms with Crippen LogP contribution in [0.1, 0.15) is 57.6 Å². The second-order valence-corrected chi connectivity index (χ2v) is 11.0. The number of hydrogen-bond acceptors (Lipinski definition) is 3. The van der Waals surface area contributed by atoms with Crippen molar-refractivity contribution in [2.24, 2.45) is 17.8 Å². The maximum Gasteiger partial charge on any atom is 0.324 e. The molecule has 174 valence electrons. The number of ether oxygens (including phenoxy) is 1. The largest absolute Gasteiger partial charge is 0.461 e. The van der Waals surface area contributed by atoms with E-state index in [1.54, 1.807) is 0 Å². The molecule has 2 aromatic rings. The van der Waals surface area contributed by atoms with E-state index in [4.69, 9.17) is 4.74 Å². The molecule has 2 fully saturated rings. The molecule has 0 unspecified atom stereocenters. The van der Waals surface area contributed by atoms with E-state index in [0.29, 0.717) is 17.9 Å². The maximum absolute atomic E-state index is 13.7. The Morgan fingerprint density at radius 1 is 0.970 bits per heavy atom. The molecule has 0 aromatic heterocycles. The van der Waals surface area contributed by atoms with Crippen molar-refractivity contribution < 1.29 is 9.53 Å². The van der Waals surface area contributed by atoms with Crippen LogP contribution in [0.15, 0.2) is 72.8 Å². The van der Waals surface area contributed by atoms with Gasteiger partial charge in [-0.3, -0.25) is 9.69 Å². The molecule has 1 saturated heterocycles. The number of esters is 1. The zero-order chi connectivity index (χ0) is 23.0. The van der Waals surface area contributed by atoms with E-state index >= 15 is 0 Å². The molecular weight excluding hydrogens is 406 g/mol. The predicted octanol–water partition coefficient (Wildman–Crippen LogP) is 6.14. The summed E-state index contributed by atoms with van der Waals surface area (Å²) in [5.74, 6) is 1.17. The highest BCUT2D eigenvalue weighted by Gasteiger charge is 2.49. The van der Waals surface area contributed by atoms with Crippen molar-refractivity contribution in [3.63, 3.8) is 0 Å². The van der Waals surface area contributed by atoms with Crippen molar-refractivity contribution in [3.8, 4) is 0 Å². The zero-order valence-electron chi connectivity index (χ0n) is 20.2. The summed E-state index contributed by atoms with van der Waals surface area (Å²) in [7, 11) is 0. The average molecular weight is 444 g/mol. The van der Waals surface area contributed by atoms with E-state index in [1.165, 1.54) is 17.5 Å². The smallest absolute Gasteiger partial charge is 0.324 e. The monoisotopic (exact) mass is 443 g/mol. The van der Waals surface area contributed by atoms with Gasteiger partial charge in [0.05, 0.1) is 0 Å². The minimum absolute atomic E-state index is 0.0178. The molecule has 5 rings (SSSR count). The second kappa shape index (κ2) is 9.10. The van der Waals surface area contributed by atoms with Crippen LogP contribution in [0, 0.1) is 17.8 Å². The van der Waals surface area contributed by atoms with Crippen molar-refractivity contribution in [2.75, 3.05) is 0 Å². The summed E-state index contributed by atoms with van der Waals surface area (Å²) >= 11 is 0. The van der Waals surface area contributed by atoms with Gasteiger partial charge in [0.15, 0.2) is 0 Å². The third-order valence-electron chi connectivity index (χ3n) is 8.50. The van der Waals surface area contributed by atoms with Gasteiger partial charge in [-0.05, 0) is 41.7 Å². The van der Waals surface area contributed by atoms with Crippen molar-refractivity contribution in [1.82, 2.24) is 4.90 Å². The Bertz CT molecular complexity index is 983. The van der Waals surface area contributed by atoms with Gasteiger partial charge in [0.2, 0.25) is 0 Å². The van der Waals surface area contributed by atoms with Gasteiger partial charge in [-0.15, -0.1) is 0 Å². The van der Waals surface area contributed by atoms with Gasteiger partial charge in [0.1, 0.15) is 12.1 Å². The molecule has 33 heavy (non-hydrogen) atoms. The van der Waals surface area contributed by atoms with E-state index in [-0.39, 0.29) is 29.4 Å². The normalized spacial score (nSPS) is 31.6. The van der Waals surface area contributed by atoms with Crippen LogP contribution >= 0.6 is 0 Å². The molecule has 3 nitrogen and oxygen atoms in total. The Labute approximate surface area is 198 Å². The van der Waals surface area contributed by atoms with E-state index in [1.807, 2.05) is 6.07 Å². The van der Waals surface area contributed by atoms with Crippen LogP contribution in [0.2, 0.25) is 0 Å². The van der Waals surface area contributed by atoms with Crippen molar-refractivity contribution >= 4 is 5.97 Å². The van der Waals surface area contributed by atoms with Crippen molar-refractivity contribution in [3.05, 3.63) is 83.9 Å². The summed E-state index contributed by atoms with van der Waals surface area (Å²) in [6, 6.07) is 21.4. The van der Waals surface area contributed by atoms with Crippen molar-refractivity contribution in [2.45, 2.75) is 76.6 Å². The van der Waals surface area contributed by atoms with Crippen LogP contribution in [0.4, 0.5) is 0 Å². The molecule has 3 heteroatoms. The molecule has 0 N–H and O–H groups in total. The third kappa shape index (κ3) is 4.40. The van der Waals surface area contributed by atoms with Gasteiger partial charge >= 0.3 is 5.97 Å². The summed E-state index contributed by atoms with van der Waals surface area (Å²) in [5, 5.41) is 0. The van der Waals surface area contributed by atoms with Crippen LogP contribution in [-0.4, -0.2) is 29.1 Å². The summed E-state index contributed by atoms with van der Waals surface area (Å²) < 4.78 is 6.47. The molecule has 0 radical (unpaired) electrons. The van der Waals surface area contributed by atoms with Crippen LogP contribution in [0.25, 0.3) is 0 Å². The fourth-order valence-electron chi connectivity index (χ4n) is 6.54. The van der Waals surface area contributed by atoms with Crippen LogP contribution < -0.4 is 0 Å². The number of hydrogen-bond donors (Lipinski definition) is 0. The average Bonchev–Trinajstić information content (AvgIpc) is 3.42. The lowest BCUT2D eigenvalue weighted by molar-refractivity contribution is -0.163. The Hall–Kier alpha value is -2.39. The SMILES string of the molecule is C[C@@H]1CC[C@@H](C(C)(C)c2ccccc2)[C@H](OC(=O)[C@H]2[C@H]3C=C[C@H](C3)N2Cc2ccccc2)C1. The lowest BCUT2D eigenvalue weighted by Crippen LogP contribution is -2.49. The molecule has 0 amide bonds. The highest BCUT2D eigenvalue weighted by atomic mass is 16.5. The van der Waals surface area contributed by atoms with Crippen LogP contribution in [0.5, 0.6) is 0 Å². The van der Waals surface area contributed by atoms with Gasteiger partial charge in [0, 0.05) is 24.4 Å². The number of likely N-dealkylation sites (tertiary alicyclic amines) is 1. The van der Waals surface area contributed by atoms with Gasteiger partial charge in [-0.25, -0.2) is 0 Å². The van der Waals surface area contributed by atoms with E-state index in [2.05, 4.69) is 92.4 Å². The summed E-state index contributed by atoms with van der Waals surface area (Å²) in [4.78, 5) is 16.1. The van der Waals surface area contributed by atoms with Gasteiger partial charge in [0.25, 0.3) is 0 Å². The first-order valence-corrected chi connectivity index (χ1v) is 12.7. The molecular formula is C30H37NO2. The Balaban J connectivity index is 1.36. The zero-order valence-corrected chi connectivity index (χ0v) is 20.2. The van der Waals surface area contributed by atoms with Crippen LogP contribution in [0.3, 0.4) is 0 Å². The fourth-order valence-corrected chi connectivity index (χ4v) is 6.54. The van der Waals surface area contributed by atoms with E-state index in [0.717, 1.165) is 25.8 Å². The number of carbonyl (C=O) groups is 1. The number of nitrogens with zero attached hydrogens (tertiary/aromatic N) is 1. The standard InChI is InChI=1S/C30H37NO2/c1-21-14-17-26(30(2,3)24-12-8-5-9-13-24)27(18-21)33-29(32)28-23-15-16-25(19-23)31(28)20-22-10-6-4-7-11-22/h4-13,15-16,21,23,25-28H,14,17-20H2,1-3H3/t21-,23+,25-,26-,27-,28-/m1/s1. The fraction of sp³-hybridized carbons (Fsp3) is 0.500. The molecule has 2 aromatic carbocycles. The minimum Gasteiger partial charge on any atom is -0.461 e. The summed E-state index contributed by atoms with van der Waals surface area (Å²) in [6.07, 6.45) is 8.79. The highest BCUT2D eigenvalue weighted by molar-refractivity contribution is 5.78. The Morgan fingerprint density at radius 2 is 1.67 bits per heavy atom. The summed E-state index contributed by atoms with van der Waals surface area (Å²) in [6.45, 7) is 7.75. The van der Waals surface area contributed by atoms with E-state index < -0.39 is 0 Å². The molecule has 2 aliphatic carbocycles. The van der Waals surface area contributed by atoms with Crippen LogP contribution in [-0.2, 0) is 21.5 Å². The Kier molecular flexibility index (Phi) is 6.18. The third-order valence-corrected chi connectivity index (χ3v) is 8.50. The van der Waals surface area contributed by atoms with Gasteiger partial charge < -0.3 is 4.74 Å². The molecule has 1 heterocycles. The maximum atomic E-state index is 13.7. The predicted molar refractivity (Wildman–Crippen MR) is 133 cm³/mol. The Morgan fingerprint density at radius 3 is 2.39 bits per heavy atom. The first-order chi connectivity index (χ1) is 15.9. The molecule has 6 atom stereocenters. The first kappa shape index (κ1) is 22.4. The molecule has 2 bridgehead atoms. The summed E-state index contributed by atoms with van der Waals surface area (Å²) in [5.41, 5.74) is 2.55. The number of carbonyl (C=O) groups excluding carboxylic acids is 1. The number of fused-ring (bicyclic) bond motifs is 2. The number of benzene rings is 2. The second-order valence-electron chi connectivity index (χ2n) is 11.0. The van der Waals surface area contributed by atoms with E-state index in [9.17, 15) is 4.79 Å². The number of rotatable bonds is 6. The van der Waals surface area contributed by atoms with Gasteiger partial charge in [-0.2, -0.15) is 0 Å².